The number of epoxide rings is 1. The second-order valence-corrected chi connectivity index (χ2v) is 8.25. The highest BCUT2D eigenvalue weighted by Gasteiger charge is 2.61. The number of methoxy groups -OCH3 is 1. The van der Waals surface area contributed by atoms with Crippen molar-refractivity contribution in [3.8, 4) is 0 Å². The molecule has 0 N–H and O–H groups in total. The number of allylic oxidation sites excluding steroid dienone is 2. The quantitative estimate of drug-likeness (QED) is 0.322. The molecule has 4 rings (SSSR count). The molecule has 0 amide bonds. The van der Waals surface area contributed by atoms with Gasteiger partial charge in [-0.15, -0.1) is 0 Å². The van der Waals surface area contributed by atoms with Gasteiger partial charge in [0.2, 0.25) is 0 Å². The van der Waals surface area contributed by atoms with E-state index in [0.717, 1.165) is 25.7 Å². The zero-order valence-electron chi connectivity index (χ0n) is 16.9. The van der Waals surface area contributed by atoms with Crippen molar-refractivity contribution in [2.75, 3.05) is 7.11 Å². The molecule has 0 saturated carbocycles. The topological polar surface area (TPSA) is 65.1 Å². The van der Waals surface area contributed by atoms with E-state index < -0.39 is 17.8 Å². The van der Waals surface area contributed by atoms with E-state index in [2.05, 4.69) is 19.9 Å². The molecule has 1 aliphatic carbocycles. The monoisotopic (exact) mass is 400 g/mol. The summed E-state index contributed by atoms with van der Waals surface area (Å²) in [7, 11) is 1.20. The fourth-order valence-corrected chi connectivity index (χ4v) is 4.47. The molecular formula is C23H25FO5. The molecule has 0 aromatic heterocycles. The molecule has 29 heavy (non-hydrogen) atoms. The average molecular weight is 400 g/mol. The fourth-order valence-electron chi connectivity index (χ4n) is 4.47. The Morgan fingerprint density at radius 3 is 2.93 bits per heavy atom. The molecule has 6 heteroatoms. The second-order valence-electron chi connectivity index (χ2n) is 8.25. The predicted molar refractivity (Wildman–Crippen MR) is 105 cm³/mol. The van der Waals surface area contributed by atoms with Gasteiger partial charge in [0, 0.05) is 11.5 Å². The summed E-state index contributed by atoms with van der Waals surface area (Å²) >= 11 is 0. The Morgan fingerprint density at radius 2 is 2.17 bits per heavy atom. The molecule has 4 atom stereocenters. The fraction of sp³-hybridized carbons (Fsp3) is 0.478. The number of rotatable bonds is 2. The van der Waals surface area contributed by atoms with Crippen LogP contribution in [0.4, 0.5) is 4.39 Å². The first-order valence-corrected chi connectivity index (χ1v) is 9.97. The van der Waals surface area contributed by atoms with Gasteiger partial charge in [0.15, 0.2) is 0 Å². The van der Waals surface area contributed by atoms with Crippen molar-refractivity contribution in [3.63, 3.8) is 0 Å². The number of hydrogen-bond acceptors (Lipinski definition) is 5. The van der Waals surface area contributed by atoms with Crippen molar-refractivity contribution in [2.45, 2.75) is 57.3 Å². The van der Waals surface area contributed by atoms with Gasteiger partial charge >= 0.3 is 11.9 Å². The molecule has 2 fully saturated rings. The van der Waals surface area contributed by atoms with E-state index in [1.807, 2.05) is 0 Å². The number of ether oxygens (including phenoxy) is 3. The van der Waals surface area contributed by atoms with Crippen LogP contribution in [0, 0.1) is 11.7 Å². The minimum atomic E-state index is -0.777. The summed E-state index contributed by atoms with van der Waals surface area (Å²) in [4.78, 5) is 24.8. The number of fused-ring (bicyclic) bond motifs is 3. The van der Waals surface area contributed by atoms with E-state index in [4.69, 9.17) is 14.2 Å². The molecule has 2 aliphatic heterocycles. The Kier molecular flexibility index (Phi) is 5.07. The van der Waals surface area contributed by atoms with Crippen LogP contribution in [0.1, 0.15) is 55.5 Å². The van der Waals surface area contributed by atoms with E-state index in [1.54, 1.807) is 12.1 Å². The van der Waals surface area contributed by atoms with E-state index in [0.29, 0.717) is 11.1 Å². The molecule has 154 valence electrons. The highest BCUT2D eigenvalue weighted by Crippen LogP contribution is 2.50. The number of carbonyl (C=O) groups excluding carboxylic acids is 2. The van der Waals surface area contributed by atoms with Crippen LogP contribution in [0.5, 0.6) is 0 Å². The lowest BCUT2D eigenvalue weighted by molar-refractivity contribution is -0.140. The minimum Gasteiger partial charge on any atom is -0.465 e. The Bertz CT molecular complexity index is 918. The van der Waals surface area contributed by atoms with Crippen LogP contribution < -0.4 is 0 Å². The van der Waals surface area contributed by atoms with Crippen LogP contribution in [0.15, 0.2) is 35.4 Å². The van der Waals surface area contributed by atoms with Gasteiger partial charge in [0.05, 0.1) is 12.7 Å². The van der Waals surface area contributed by atoms with E-state index in [1.165, 1.54) is 24.8 Å². The van der Waals surface area contributed by atoms with Gasteiger partial charge in [-0.25, -0.2) is 14.0 Å². The first-order chi connectivity index (χ1) is 13.8. The Hall–Kier alpha value is -2.47. The number of carbonyl (C=O) groups is 2. The summed E-state index contributed by atoms with van der Waals surface area (Å²) in [6, 6.07) is 4.31. The molecule has 5 nitrogen and oxygen atoms in total. The van der Waals surface area contributed by atoms with Crippen molar-refractivity contribution < 1.29 is 28.2 Å². The zero-order chi connectivity index (χ0) is 20.8. The molecule has 0 spiro atoms. The van der Waals surface area contributed by atoms with Gasteiger partial charge in [-0.1, -0.05) is 23.8 Å². The third kappa shape index (κ3) is 3.62. The van der Waals surface area contributed by atoms with Crippen LogP contribution in [0.2, 0.25) is 0 Å². The van der Waals surface area contributed by atoms with Crippen molar-refractivity contribution in [3.05, 3.63) is 52.4 Å². The first kappa shape index (κ1) is 19.8. The molecule has 0 radical (unpaired) electrons. The maximum atomic E-state index is 14.3. The maximum absolute atomic E-state index is 14.3. The van der Waals surface area contributed by atoms with Gasteiger partial charge in [-0.3, -0.25) is 0 Å². The van der Waals surface area contributed by atoms with Crippen molar-refractivity contribution in [1.82, 2.24) is 0 Å². The van der Waals surface area contributed by atoms with E-state index in [-0.39, 0.29) is 29.3 Å². The standard InChI is InChI=1S/C23H25FO5/c1-13-6-5-11-23(2)20(29-23)19-15(10-9-13)16(21(25)28-19)12-14-7-4-8-17(24)18(14)22(26)27-3/h4,6-8,12,15,19-20H,5,9-11H2,1-3H3/b13-6+,16-12+/t15-,19-,20-,23+/m0/s1. The van der Waals surface area contributed by atoms with Gasteiger partial charge in [-0.05, 0) is 57.2 Å². The van der Waals surface area contributed by atoms with Crippen molar-refractivity contribution in [2.24, 2.45) is 5.92 Å². The number of benzene rings is 1. The normalized spacial score (nSPS) is 34.5. The highest BCUT2D eigenvalue weighted by molar-refractivity contribution is 6.00. The average Bonchev–Trinajstić information content (AvgIpc) is 3.26. The Balaban J connectivity index is 1.74. The molecule has 2 heterocycles. The molecular weight excluding hydrogens is 375 g/mol. The molecule has 2 saturated heterocycles. The lowest BCUT2D eigenvalue weighted by atomic mass is 9.83. The number of esters is 2. The second kappa shape index (κ2) is 7.41. The maximum Gasteiger partial charge on any atom is 0.341 e. The SMILES string of the molecule is COC(=O)c1c(F)cccc1/C=C1/C(=O)O[C@H]2[C@H]1CC/C(C)=C/CC[C@@]1(C)O[C@@H]21. The third-order valence-corrected chi connectivity index (χ3v) is 6.24. The summed E-state index contributed by atoms with van der Waals surface area (Å²) in [6.07, 6.45) is 6.69. The Labute approximate surface area is 169 Å². The zero-order valence-corrected chi connectivity index (χ0v) is 16.9. The van der Waals surface area contributed by atoms with Crippen molar-refractivity contribution >= 4 is 18.0 Å². The molecule has 1 aromatic rings. The summed E-state index contributed by atoms with van der Waals surface area (Å²) in [6.45, 7) is 4.14. The van der Waals surface area contributed by atoms with E-state index >= 15 is 0 Å². The van der Waals surface area contributed by atoms with Crippen molar-refractivity contribution in [1.29, 1.82) is 0 Å². The van der Waals surface area contributed by atoms with Gasteiger partial charge in [0.25, 0.3) is 0 Å². The summed E-state index contributed by atoms with van der Waals surface area (Å²) in [5, 5.41) is 0. The molecule has 0 bridgehead atoms. The largest absolute Gasteiger partial charge is 0.465 e. The number of halogens is 1. The predicted octanol–water partition coefficient (Wildman–Crippen LogP) is 4.22. The summed E-state index contributed by atoms with van der Waals surface area (Å²) in [5.74, 6) is -2.07. The minimum absolute atomic E-state index is 0.137. The molecule has 1 aromatic carbocycles. The van der Waals surface area contributed by atoms with Gasteiger partial charge < -0.3 is 14.2 Å². The Morgan fingerprint density at radius 1 is 1.38 bits per heavy atom. The van der Waals surface area contributed by atoms with Crippen LogP contribution >= 0.6 is 0 Å². The van der Waals surface area contributed by atoms with Crippen LogP contribution in [-0.2, 0) is 19.0 Å². The lowest BCUT2D eigenvalue weighted by Gasteiger charge is -2.19. The lowest BCUT2D eigenvalue weighted by Crippen LogP contribution is -2.28. The summed E-state index contributed by atoms with van der Waals surface area (Å²) < 4.78 is 30.7. The van der Waals surface area contributed by atoms with Crippen LogP contribution in [0.25, 0.3) is 6.08 Å². The van der Waals surface area contributed by atoms with Gasteiger partial charge in [-0.2, -0.15) is 0 Å². The third-order valence-electron chi connectivity index (χ3n) is 6.24. The molecule has 3 aliphatic rings. The van der Waals surface area contributed by atoms with Crippen LogP contribution in [-0.4, -0.2) is 36.9 Å². The first-order valence-electron chi connectivity index (χ1n) is 9.97. The van der Waals surface area contributed by atoms with E-state index in [9.17, 15) is 14.0 Å². The smallest absolute Gasteiger partial charge is 0.341 e. The van der Waals surface area contributed by atoms with Gasteiger partial charge in [0.1, 0.15) is 23.6 Å². The van der Waals surface area contributed by atoms with Crippen LogP contribution in [0.3, 0.4) is 0 Å². The summed E-state index contributed by atoms with van der Waals surface area (Å²) in [5.41, 5.74) is 1.57. The highest BCUT2D eigenvalue weighted by atomic mass is 19.1. The number of hydrogen-bond donors (Lipinski definition) is 0. The molecule has 0 unspecified atom stereocenters.